The molecule has 0 bridgehead atoms. The van der Waals surface area contributed by atoms with Crippen molar-refractivity contribution in [2.75, 3.05) is 32.8 Å². The molecule has 1 aliphatic heterocycles. The number of hydrogen-bond donors (Lipinski definition) is 2. The second-order valence-electron chi connectivity index (χ2n) is 8.38. The number of aliphatic carboxylic acids is 1. The lowest BCUT2D eigenvalue weighted by atomic mass is 9.66. The average Bonchev–Trinajstić information content (AvgIpc) is 3.49. The Morgan fingerprint density at radius 3 is 2.52 bits per heavy atom. The van der Waals surface area contributed by atoms with Gasteiger partial charge in [0.1, 0.15) is 5.75 Å². The van der Waals surface area contributed by atoms with E-state index in [0.29, 0.717) is 18.8 Å². The van der Waals surface area contributed by atoms with Crippen molar-refractivity contribution in [2.45, 2.75) is 31.1 Å². The van der Waals surface area contributed by atoms with Gasteiger partial charge >= 0.3 is 5.97 Å². The SMILES string of the molecule is O=C(O)CCOCCc1cccc(O)c1C1(c2ccccc2)CN(CC2CC2)C1. The number of rotatable bonds is 10. The number of carboxylic acid groups (broad SMARTS) is 1. The fraction of sp³-hybridized carbons (Fsp3) is 0.458. The van der Waals surface area contributed by atoms with Crippen LogP contribution in [0.1, 0.15) is 36.0 Å². The van der Waals surface area contributed by atoms with Crippen LogP contribution in [0.25, 0.3) is 0 Å². The number of phenolic OH excluding ortho intramolecular Hbond substituents is 1. The number of nitrogens with zero attached hydrogens (tertiary/aromatic N) is 1. The number of carboxylic acids is 1. The number of benzene rings is 2. The van der Waals surface area contributed by atoms with Crippen LogP contribution in [-0.2, 0) is 21.4 Å². The summed E-state index contributed by atoms with van der Waals surface area (Å²) in [6, 6.07) is 16.2. The number of carbonyl (C=O) groups is 1. The highest BCUT2D eigenvalue weighted by Gasteiger charge is 2.49. The standard InChI is InChI=1S/C24H29NO4/c26-21-8-4-5-19(11-13-29-14-12-22(27)28)23(21)24(20-6-2-1-3-7-20)16-25(17-24)15-18-9-10-18/h1-8,18,26H,9-17H2,(H,27,28). The molecule has 154 valence electrons. The van der Waals surface area contributed by atoms with E-state index in [2.05, 4.69) is 35.2 Å². The summed E-state index contributed by atoms with van der Waals surface area (Å²) in [4.78, 5) is 13.2. The molecule has 0 atom stereocenters. The van der Waals surface area contributed by atoms with Crippen molar-refractivity contribution in [3.8, 4) is 5.75 Å². The van der Waals surface area contributed by atoms with Crippen LogP contribution < -0.4 is 0 Å². The van der Waals surface area contributed by atoms with Gasteiger partial charge in [0.15, 0.2) is 0 Å². The zero-order valence-corrected chi connectivity index (χ0v) is 16.7. The van der Waals surface area contributed by atoms with E-state index in [1.54, 1.807) is 6.07 Å². The van der Waals surface area contributed by atoms with Crippen molar-refractivity contribution in [1.82, 2.24) is 4.90 Å². The van der Waals surface area contributed by atoms with Crippen molar-refractivity contribution in [3.63, 3.8) is 0 Å². The predicted octanol–water partition coefficient (Wildman–Crippen LogP) is 3.44. The lowest BCUT2D eigenvalue weighted by molar-refractivity contribution is -0.138. The van der Waals surface area contributed by atoms with Crippen molar-refractivity contribution in [3.05, 3.63) is 65.2 Å². The fourth-order valence-corrected chi connectivity index (χ4v) is 4.55. The first-order valence-corrected chi connectivity index (χ1v) is 10.5. The maximum Gasteiger partial charge on any atom is 0.305 e. The van der Waals surface area contributed by atoms with Crippen LogP contribution in [0.2, 0.25) is 0 Å². The highest BCUT2D eigenvalue weighted by atomic mass is 16.5. The number of likely N-dealkylation sites (tertiary alicyclic amines) is 1. The van der Waals surface area contributed by atoms with Crippen LogP contribution in [0.3, 0.4) is 0 Å². The summed E-state index contributed by atoms with van der Waals surface area (Å²) in [6.45, 7) is 3.63. The second kappa shape index (κ2) is 8.56. The molecule has 2 aliphatic rings. The summed E-state index contributed by atoms with van der Waals surface area (Å²) in [6.07, 6.45) is 3.34. The molecule has 0 radical (unpaired) electrons. The van der Waals surface area contributed by atoms with E-state index in [0.717, 1.165) is 36.7 Å². The van der Waals surface area contributed by atoms with Crippen molar-refractivity contribution in [1.29, 1.82) is 0 Å². The largest absolute Gasteiger partial charge is 0.508 e. The Balaban J connectivity index is 1.56. The molecule has 4 rings (SSSR count). The van der Waals surface area contributed by atoms with Crippen molar-refractivity contribution < 1.29 is 19.7 Å². The molecule has 1 aliphatic carbocycles. The number of aromatic hydroxyl groups is 1. The molecule has 2 fully saturated rings. The molecule has 1 saturated heterocycles. The minimum Gasteiger partial charge on any atom is -0.508 e. The highest BCUT2D eigenvalue weighted by molar-refractivity contribution is 5.66. The molecule has 0 amide bonds. The molecule has 2 aromatic carbocycles. The van der Waals surface area contributed by atoms with E-state index in [1.807, 2.05) is 12.1 Å². The quantitative estimate of drug-likeness (QED) is 0.603. The van der Waals surface area contributed by atoms with E-state index in [4.69, 9.17) is 9.84 Å². The lowest BCUT2D eigenvalue weighted by Crippen LogP contribution is -2.60. The predicted molar refractivity (Wildman–Crippen MR) is 111 cm³/mol. The van der Waals surface area contributed by atoms with Gasteiger partial charge in [-0.25, -0.2) is 0 Å². The minimum atomic E-state index is -0.851. The lowest BCUT2D eigenvalue weighted by Gasteiger charge is -2.52. The van der Waals surface area contributed by atoms with Crippen LogP contribution in [0, 0.1) is 5.92 Å². The Labute approximate surface area is 171 Å². The molecular formula is C24H29NO4. The fourth-order valence-electron chi connectivity index (χ4n) is 4.55. The van der Waals surface area contributed by atoms with Gasteiger partial charge in [-0.05, 0) is 42.4 Å². The molecule has 2 aromatic rings. The normalized spacial score (nSPS) is 18.3. The smallest absolute Gasteiger partial charge is 0.305 e. The minimum absolute atomic E-state index is 0.0109. The Morgan fingerprint density at radius 2 is 1.83 bits per heavy atom. The first-order valence-electron chi connectivity index (χ1n) is 10.5. The second-order valence-corrected chi connectivity index (χ2v) is 8.38. The first kappa shape index (κ1) is 19.9. The van der Waals surface area contributed by atoms with Gasteiger partial charge in [0, 0.05) is 30.6 Å². The molecule has 1 heterocycles. The number of hydrogen-bond acceptors (Lipinski definition) is 4. The molecule has 5 nitrogen and oxygen atoms in total. The summed E-state index contributed by atoms with van der Waals surface area (Å²) in [7, 11) is 0. The van der Waals surface area contributed by atoms with E-state index in [9.17, 15) is 9.90 Å². The molecule has 0 spiro atoms. The van der Waals surface area contributed by atoms with Crippen molar-refractivity contribution >= 4 is 5.97 Å². The van der Waals surface area contributed by atoms with Crippen LogP contribution in [0.15, 0.2) is 48.5 Å². The summed E-state index contributed by atoms with van der Waals surface area (Å²) >= 11 is 0. The third-order valence-electron chi connectivity index (χ3n) is 6.11. The highest BCUT2D eigenvalue weighted by Crippen LogP contribution is 2.47. The molecule has 0 unspecified atom stereocenters. The monoisotopic (exact) mass is 395 g/mol. The van der Waals surface area contributed by atoms with Crippen molar-refractivity contribution in [2.24, 2.45) is 5.92 Å². The van der Waals surface area contributed by atoms with Gasteiger partial charge in [0.25, 0.3) is 0 Å². The van der Waals surface area contributed by atoms with E-state index in [1.165, 1.54) is 18.4 Å². The zero-order chi connectivity index (χ0) is 20.3. The van der Waals surface area contributed by atoms with Crippen LogP contribution >= 0.6 is 0 Å². The van der Waals surface area contributed by atoms with Gasteiger partial charge in [-0.2, -0.15) is 0 Å². The van der Waals surface area contributed by atoms with Gasteiger partial charge in [0.2, 0.25) is 0 Å². The Bertz CT molecular complexity index is 841. The molecule has 2 N–H and O–H groups in total. The maximum absolute atomic E-state index is 10.9. The topological polar surface area (TPSA) is 70.0 Å². The molecular weight excluding hydrogens is 366 g/mol. The summed E-state index contributed by atoms with van der Waals surface area (Å²) < 4.78 is 5.52. The third-order valence-corrected chi connectivity index (χ3v) is 6.11. The Kier molecular flexibility index (Phi) is 5.88. The Hall–Kier alpha value is -2.37. The van der Waals surface area contributed by atoms with Crippen LogP contribution in [-0.4, -0.2) is 53.9 Å². The summed E-state index contributed by atoms with van der Waals surface area (Å²) in [5.41, 5.74) is 3.11. The van der Waals surface area contributed by atoms with Gasteiger partial charge < -0.3 is 19.8 Å². The molecule has 5 heteroatoms. The van der Waals surface area contributed by atoms with E-state index >= 15 is 0 Å². The van der Waals surface area contributed by atoms with Crippen LogP contribution in [0.4, 0.5) is 0 Å². The maximum atomic E-state index is 10.9. The molecule has 1 saturated carbocycles. The first-order chi connectivity index (χ1) is 14.1. The van der Waals surface area contributed by atoms with Gasteiger partial charge in [-0.3, -0.25) is 4.79 Å². The molecule has 0 aromatic heterocycles. The average molecular weight is 395 g/mol. The third kappa shape index (κ3) is 4.46. The number of phenols is 1. The van der Waals surface area contributed by atoms with Crippen LogP contribution in [0.5, 0.6) is 5.75 Å². The van der Waals surface area contributed by atoms with Gasteiger partial charge in [-0.1, -0.05) is 42.5 Å². The zero-order valence-electron chi connectivity index (χ0n) is 16.7. The number of ether oxygens (including phenoxy) is 1. The van der Waals surface area contributed by atoms with E-state index in [-0.39, 0.29) is 18.4 Å². The van der Waals surface area contributed by atoms with Gasteiger partial charge in [-0.15, -0.1) is 0 Å². The Morgan fingerprint density at radius 1 is 1.07 bits per heavy atom. The molecule has 29 heavy (non-hydrogen) atoms. The van der Waals surface area contributed by atoms with E-state index < -0.39 is 5.97 Å². The summed E-state index contributed by atoms with van der Waals surface area (Å²) in [5, 5.41) is 19.6. The van der Waals surface area contributed by atoms with Gasteiger partial charge in [0.05, 0.1) is 19.6 Å². The summed E-state index contributed by atoms with van der Waals surface area (Å²) in [5.74, 6) is 0.328.